The molecule has 1 aromatic carbocycles. The summed E-state index contributed by atoms with van der Waals surface area (Å²) in [6.45, 7) is 0. The van der Waals surface area contributed by atoms with Crippen molar-refractivity contribution in [1.29, 1.82) is 0 Å². The molecule has 1 N–H and O–H groups in total. The SMILES string of the molecule is CNC(Cc1cc(Br)cs1)c1ccc(F)cc1F. The molecule has 0 saturated heterocycles. The lowest BCUT2D eigenvalue weighted by atomic mass is 10.0. The van der Waals surface area contributed by atoms with Gasteiger partial charge in [0.15, 0.2) is 0 Å². The van der Waals surface area contributed by atoms with Crippen LogP contribution in [0.25, 0.3) is 0 Å². The number of thiophene rings is 1. The third kappa shape index (κ3) is 3.16. The second-order valence-corrected chi connectivity index (χ2v) is 5.85. The smallest absolute Gasteiger partial charge is 0.130 e. The molecule has 1 heterocycles. The van der Waals surface area contributed by atoms with E-state index < -0.39 is 11.6 Å². The lowest BCUT2D eigenvalue weighted by molar-refractivity contribution is 0.523. The molecule has 1 aromatic heterocycles. The molecule has 1 nitrogen and oxygen atoms in total. The van der Waals surface area contributed by atoms with Gasteiger partial charge in [-0.2, -0.15) is 0 Å². The average molecular weight is 332 g/mol. The van der Waals surface area contributed by atoms with E-state index in [4.69, 9.17) is 0 Å². The summed E-state index contributed by atoms with van der Waals surface area (Å²) in [5, 5.41) is 5.05. The van der Waals surface area contributed by atoms with Gasteiger partial charge < -0.3 is 5.32 Å². The van der Waals surface area contributed by atoms with Crippen LogP contribution in [-0.4, -0.2) is 7.05 Å². The van der Waals surface area contributed by atoms with Crippen molar-refractivity contribution in [1.82, 2.24) is 5.32 Å². The van der Waals surface area contributed by atoms with Gasteiger partial charge in [-0.05, 0) is 35.1 Å². The van der Waals surface area contributed by atoms with Crippen molar-refractivity contribution < 1.29 is 8.78 Å². The maximum absolute atomic E-state index is 13.7. The summed E-state index contributed by atoms with van der Waals surface area (Å²) in [6.07, 6.45) is 0.676. The maximum Gasteiger partial charge on any atom is 0.130 e. The monoisotopic (exact) mass is 331 g/mol. The van der Waals surface area contributed by atoms with E-state index in [9.17, 15) is 8.78 Å². The van der Waals surface area contributed by atoms with E-state index in [1.807, 2.05) is 11.4 Å². The Morgan fingerprint density at radius 1 is 1.33 bits per heavy atom. The Morgan fingerprint density at radius 2 is 2.11 bits per heavy atom. The van der Waals surface area contributed by atoms with Crippen molar-refractivity contribution in [3.63, 3.8) is 0 Å². The van der Waals surface area contributed by atoms with Crippen LogP contribution >= 0.6 is 27.3 Å². The number of hydrogen-bond donors (Lipinski definition) is 1. The van der Waals surface area contributed by atoms with Gasteiger partial charge in [0, 0.05) is 38.8 Å². The fourth-order valence-electron chi connectivity index (χ4n) is 1.81. The van der Waals surface area contributed by atoms with Crippen molar-refractivity contribution in [2.24, 2.45) is 0 Å². The van der Waals surface area contributed by atoms with Crippen molar-refractivity contribution in [3.8, 4) is 0 Å². The van der Waals surface area contributed by atoms with Gasteiger partial charge in [-0.15, -0.1) is 11.3 Å². The van der Waals surface area contributed by atoms with Gasteiger partial charge in [-0.25, -0.2) is 8.78 Å². The molecule has 0 spiro atoms. The predicted molar refractivity (Wildman–Crippen MR) is 73.9 cm³/mol. The van der Waals surface area contributed by atoms with Gasteiger partial charge >= 0.3 is 0 Å². The minimum absolute atomic E-state index is 0.156. The first kappa shape index (κ1) is 13.6. The highest BCUT2D eigenvalue weighted by atomic mass is 79.9. The zero-order valence-corrected chi connectivity index (χ0v) is 12.1. The Balaban J connectivity index is 2.22. The van der Waals surface area contributed by atoms with Gasteiger partial charge in [-0.3, -0.25) is 0 Å². The number of nitrogens with one attached hydrogen (secondary N) is 1. The van der Waals surface area contributed by atoms with Crippen LogP contribution < -0.4 is 5.32 Å². The Morgan fingerprint density at radius 3 is 2.67 bits per heavy atom. The Kier molecular flexibility index (Phi) is 4.48. The molecule has 0 fully saturated rings. The van der Waals surface area contributed by atoms with E-state index >= 15 is 0 Å². The van der Waals surface area contributed by atoms with Gasteiger partial charge in [0.05, 0.1) is 0 Å². The molecule has 2 rings (SSSR count). The molecule has 5 heteroatoms. The van der Waals surface area contributed by atoms with Crippen LogP contribution in [0.1, 0.15) is 16.5 Å². The van der Waals surface area contributed by atoms with Crippen molar-refractivity contribution in [2.75, 3.05) is 7.05 Å². The summed E-state index contributed by atoms with van der Waals surface area (Å²) in [5.74, 6) is -1.06. The molecule has 96 valence electrons. The van der Waals surface area contributed by atoms with E-state index in [-0.39, 0.29) is 6.04 Å². The predicted octanol–water partition coefficient (Wildman–Crippen LogP) is 4.29. The average Bonchev–Trinajstić information content (AvgIpc) is 2.72. The second kappa shape index (κ2) is 5.91. The highest BCUT2D eigenvalue weighted by molar-refractivity contribution is 9.10. The molecule has 0 aliphatic rings. The largest absolute Gasteiger partial charge is 0.313 e. The zero-order chi connectivity index (χ0) is 13.1. The standard InChI is InChI=1S/C13H12BrF2NS/c1-17-13(6-10-4-8(14)7-18-10)11-3-2-9(15)5-12(11)16/h2-5,7,13,17H,6H2,1H3. The Labute approximate surface area is 117 Å². The molecule has 0 amide bonds. The molecule has 18 heavy (non-hydrogen) atoms. The van der Waals surface area contributed by atoms with E-state index in [2.05, 4.69) is 21.2 Å². The highest BCUT2D eigenvalue weighted by Crippen LogP contribution is 2.26. The van der Waals surface area contributed by atoms with Crippen LogP contribution in [0.2, 0.25) is 0 Å². The van der Waals surface area contributed by atoms with Crippen LogP contribution in [0.15, 0.2) is 34.1 Å². The highest BCUT2D eigenvalue weighted by Gasteiger charge is 2.16. The molecule has 0 radical (unpaired) electrons. The molecule has 1 unspecified atom stereocenters. The molecular weight excluding hydrogens is 320 g/mol. The van der Waals surface area contributed by atoms with Gasteiger partial charge in [-0.1, -0.05) is 6.07 Å². The molecule has 0 aliphatic carbocycles. The molecule has 2 aromatic rings. The first-order valence-electron chi connectivity index (χ1n) is 5.45. The fraction of sp³-hybridized carbons (Fsp3) is 0.231. The van der Waals surface area contributed by atoms with E-state index in [0.29, 0.717) is 12.0 Å². The second-order valence-electron chi connectivity index (χ2n) is 3.94. The van der Waals surface area contributed by atoms with E-state index in [0.717, 1.165) is 15.4 Å². The first-order valence-corrected chi connectivity index (χ1v) is 7.12. The van der Waals surface area contributed by atoms with Crippen molar-refractivity contribution in [2.45, 2.75) is 12.5 Å². The summed E-state index contributed by atoms with van der Waals surface area (Å²) in [6, 6.07) is 5.55. The molecule has 1 atom stereocenters. The third-order valence-electron chi connectivity index (χ3n) is 2.71. The quantitative estimate of drug-likeness (QED) is 0.881. The van der Waals surface area contributed by atoms with Gasteiger partial charge in [0.1, 0.15) is 11.6 Å². The zero-order valence-electron chi connectivity index (χ0n) is 9.71. The number of rotatable bonds is 4. The normalized spacial score (nSPS) is 12.7. The van der Waals surface area contributed by atoms with Crippen LogP contribution in [0.3, 0.4) is 0 Å². The van der Waals surface area contributed by atoms with E-state index in [1.54, 1.807) is 18.4 Å². The number of likely N-dealkylation sites (N-methyl/N-ethyl adjacent to an activating group) is 1. The van der Waals surface area contributed by atoms with Gasteiger partial charge in [0.25, 0.3) is 0 Å². The fourth-order valence-corrected chi connectivity index (χ4v) is 3.31. The number of hydrogen-bond acceptors (Lipinski definition) is 2. The van der Waals surface area contributed by atoms with Crippen molar-refractivity contribution in [3.05, 3.63) is 56.2 Å². The maximum atomic E-state index is 13.7. The molecule has 0 bridgehead atoms. The summed E-state index contributed by atoms with van der Waals surface area (Å²) < 4.78 is 27.6. The topological polar surface area (TPSA) is 12.0 Å². The minimum atomic E-state index is -0.551. The molecular formula is C13H12BrF2NS. The summed E-state index contributed by atoms with van der Waals surface area (Å²) in [5.41, 5.74) is 0.489. The lowest BCUT2D eigenvalue weighted by Crippen LogP contribution is -2.19. The first-order chi connectivity index (χ1) is 8.60. The molecule has 0 saturated carbocycles. The summed E-state index contributed by atoms with van der Waals surface area (Å²) in [7, 11) is 1.77. The number of halogens is 3. The molecule has 0 aliphatic heterocycles. The Hall–Kier alpha value is -0.780. The van der Waals surface area contributed by atoms with Crippen LogP contribution in [0.4, 0.5) is 8.78 Å². The van der Waals surface area contributed by atoms with Crippen molar-refractivity contribution >= 4 is 27.3 Å². The lowest BCUT2D eigenvalue weighted by Gasteiger charge is -2.16. The third-order valence-corrected chi connectivity index (χ3v) is 4.43. The van der Waals surface area contributed by atoms with E-state index in [1.165, 1.54) is 12.1 Å². The number of benzene rings is 1. The Bertz CT molecular complexity index is 542. The summed E-state index contributed by atoms with van der Waals surface area (Å²) in [4.78, 5) is 1.14. The minimum Gasteiger partial charge on any atom is -0.313 e. The summed E-state index contributed by atoms with van der Waals surface area (Å²) >= 11 is 5.00. The van der Waals surface area contributed by atoms with Crippen LogP contribution in [-0.2, 0) is 6.42 Å². The van der Waals surface area contributed by atoms with Crippen LogP contribution in [0, 0.1) is 11.6 Å². The van der Waals surface area contributed by atoms with Gasteiger partial charge in [0.2, 0.25) is 0 Å². The van der Waals surface area contributed by atoms with Crippen LogP contribution in [0.5, 0.6) is 0 Å².